The predicted octanol–water partition coefficient (Wildman–Crippen LogP) is 2.60. The van der Waals surface area contributed by atoms with Gasteiger partial charge in [-0.25, -0.2) is 0 Å². The Morgan fingerprint density at radius 1 is 1.37 bits per heavy atom. The third-order valence-electron chi connectivity index (χ3n) is 4.10. The van der Waals surface area contributed by atoms with Gasteiger partial charge in [0.2, 0.25) is 5.91 Å². The van der Waals surface area contributed by atoms with Crippen LogP contribution in [0.25, 0.3) is 0 Å². The predicted molar refractivity (Wildman–Crippen MR) is 80.5 cm³/mol. The van der Waals surface area contributed by atoms with Crippen molar-refractivity contribution in [1.29, 1.82) is 0 Å². The summed E-state index contributed by atoms with van der Waals surface area (Å²) in [6, 6.07) is 10.6. The number of rotatable bonds is 4. The van der Waals surface area contributed by atoms with E-state index in [1.165, 1.54) is 0 Å². The Hall–Kier alpha value is -1.16. The second-order valence-electron chi connectivity index (χ2n) is 5.45. The number of hydrogen-bond donors (Lipinski definition) is 1. The molecule has 2 aliphatic rings. The lowest BCUT2D eigenvalue weighted by atomic mass is 10.2. The summed E-state index contributed by atoms with van der Waals surface area (Å²) in [5.41, 5.74) is 1.15. The molecule has 0 spiro atoms. The van der Waals surface area contributed by atoms with Crippen molar-refractivity contribution in [3.05, 3.63) is 30.3 Å². The molecular formula is C15H20N2OS. The van der Waals surface area contributed by atoms with Crippen LogP contribution in [-0.4, -0.2) is 40.9 Å². The molecule has 2 fully saturated rings. The number of anilines is 1. The first-order chi connectivity index (χ1) is 9.23. The Morgan fingerprint density at radius 2 is 2.11 bits per heavy atom. The summed E-state index contributed by atoms with van der Waals surface area (Å²) in [5, 5.41) is 3.51. The topological polar surface area (TPSA) is 32.3 Å². The van der Waals surface area contributed by atoms with Crippen molar-refractivity contribution in [2.75, 3.05) is 24.7 Å². The average Bonchev–Trinajstić information content (AvgIpc) is 3.12. The molecule has 102 valence electrons. The summed E-state index contributed by atoms with van der Waals surface area (Å²) in [4.78, 5) is 14.5. The largest absolute Gasteiger partial charge is 0.380 e. The summed E-state index contributed by atoms with van der Waals surface area (Å²) in [6.45, 7) is 1.74. The van der Waals surface area contributed by atoms with Crippen LogP contribution in [-0.2, 0) is 4.79 Å². The first kappa shape index (κ1) is 12.9. The highest BCUT2D eigenvalue weighted by atomic mass is 32.2. The maximum Gasteiger partial charge on any atom is 0.238 e. The fraction of sp³-hybridized carbons (Fsp3) is 0.533. The van der Waals surface area contributed by atoms with Gasteiger partial charge in [0, 0.05) is 24.8 Å². The van der Waals surface area contributed by atoms with Gasteiger partial charge < -0.3 is 10.2 Å². The third kappa shape index (κ3) is 2.59. The summed E-state index contributed by atoms with van der Waals surface area (Å²) < 4.78 is -0.0678. The Kier molecular flexibility index (Phi) is 3.44. The maximum atomic E-state index is 12.4. The Balaban J connectivity index is 1.57. The first-order valence-electron chi connectivity index (χ1n) is 6.90. The van der Waals surface area contributed by atoms with Gasteiger partial charge in [0.25, 0.3) is 0 Å². The minimum atomic E-state index is -0.0678. The highest BCUT2D eigenvalue weighted by Gasteiger charge is 2.52. The molecule has 1 heterocycles. The number of amides is 1. The molecule has 0 radical (unpaired) electrons. The number of carbonyl (C=O) groups is 1. The number of nitrogens with zero attached hydrogens (tertiary/aromatic N) is 1. The first-order valence-corrected chi connectivity index (χ1v) is 8.12. The maximum absolute atomic E-state index is 12.4. The number of thioether (sulfide) groups is 1. The molecule has 4 heteroatoms. The van der Waals surface area contributed by atoms with Crippen molar-refractivity contribution in [1.82, 2.24) is 4.90 Å². The highest BCUT2D eigenvalue weighted by Crippen LogP contribution is 2.48. The van der Waals surface area contributed by atoms with Crippen LogP contribution in [0.5, 0.6) is 0 Å². The van der Waals surface area contributed by atoms with Gasteiger partial charge in [-0.2, -0.15) is 0 Å². The molecule has 3 rings (SSSR count). The molecule has 1 aromatic rings. The van der Waals surface area contributed by atoms with Crippen LogP contribution < -0.4 is 5.32 Å². The van der Waals surface area contributed by atoms with Crippen molar-refractivity contribution >= 4 is 23.4 Å². The van der Waals surface area contributed by atoms with Crippen LogP contribution in [0.2, 0.25) is 0 Å². The fourth-order valence-electron chi connectivity index (χ4n) is 2.74. The van der Waals surface area contributed by atoms with Crippen LogP contribution in [0.3, 0.4) is 0 Å². The van der Waals surface area contributed by atoms with E-state index in [2.05, 4.69) is 23.7 Å². The zero-order valence-corrected chi connectivity index (χ0v) is 12.1. The Bertz CT molecular complexity index is 458. The zero-order chi connectivity index (χ0) is 13.3. The molecule has 1 N–H and O–H groups in total. The average molecular weight is 276 g/mol. The van der Waals surface area contributed by atoms with E-state index in [9.17, 15) is 4.79 Å². The molecule has 1 aliphatic heterocycles. The lowest BCUT2D eigenvalue weighted by Gasteiger charge is -2.22. The number of benzene rings is 1. The van der Waals surface area contributed by atoms with Crippen LogP contribution >= 0.6 is 11.8 Å². The lowest BCUT2D eigenvalue weighted by Crippen LogP contribution is -2.38. The SMILES string of the molecule is CSC1(C(=O)N2CC[C@H](Nc3ccccc3)C2)CC1. The molecule has 3 nitrogen and oxygen atoms in total. The van der Waals surface area contributed by atoms with Gasteiger partial charge >= 0.3 is 0 Å². The minimum absolute atomic E-state index is 0.0678. The summed E-state index contributed by atoms with van der Waals surface area (Å²) in [5.74, 6) is 0.359. The van der Waals surface area contributed by atoms with Gasteiger partial charge in [-0.15, -0.1) is 11.8 Å². The van der Waals surface area contributed by atoms with Gasteiger partial charge in [0.05, 0.1) is 4.75 Å². The molecular weight excluding hydrogens is 256 g/mol. The van der Waals surface area contributed by atoms with Crippen molar-refractivity contribution in [3.8, 4) is 0 Å². The number of likely N-dealkylation sites (tertiary alicyclic amines) is 1. The molecule has 1 aliphatic carbocycles. The van der Waals surface area contributed by atoms with Gasteiger partial charge in [-0.1, -0.05) is 18.2 Å². The molecule has 19 heavy (non-hydrogen) atoms. The normalized spacial score (nSPS) is 24.3. The van der Waals surface area contributed by atoms with Crippen molar-refractivity contribution in [3.63, 3.8) is 0 Å². The monoisotopic (exact) mass is 276 g/mol. The Labute approximate surface area is 118 Å². The van der Waals surface area contributed by atoms with Gasteiger partial charge in [0.1, 0.15) is 0 Å². The fourth-order valence-corrected chi connectivity index (χ4v) is 3.55. The van der Waals surface area contributed by atoms with E-state index < -0.39 is 0 Å². The molecule has 1 aromatic carbocycles. The third-order valence-corrected chi connectivity index (χ3v) is 5.47. The van der Waals surface area contributed by atoms with Crippen LogP contribution in [0.4, 0.5) is 5.69 Å². The van der Waals surface area contributed by atoms with Gasteiger partial charge in [-0.3, -0.25) is 4.79 Å². The zero-order valence-electron chi connectivity index (χ0n) is 11.3. The molecule has 1 amide bonds. The quantitative estimate of drug-likeness (QED) is 0.917. The van der Waals surface area contributed by atoms with Crippen molar-refractivity contribution < 1.29 is 4.79 Å². The molecule has 0 aromatic heterocycles. The molecule has 0 bridgehead atoms. The second-order valence-corrected chi connectivity index (χ2v) is 6.64. The molecule has 1 atom stereocenters. The van der Waals surface area contributed by atoms with Crippen molar-refractivity contribution in [2.24, 2.45) is 0 Å². The number of hydrogen-bond acceptors (Lipinski definition) is 3. The van der Waals surface area contributed by atoms with Gasteiger partial charge in [-0.05, 0) is 37.7 Å². The lowest BCUT2D eigenvalue weighted by molar-refractivity contribution is -0.130. The summed E-state index contributed by atoms with van der Waals surface area (Å²) in [7, 11) is 0. The smallest absolute Gasteiger partial charge is 0.238 e. The number of nitrogens with one attached hydrogen (secondary N) is 1. The van der Waals surface area contributed by atoms with Crippen LogP contribution in [0, 0.1) is 0 Å². The van der Waals surface area contributed by atoms with E-state index in [0.717, 1.165) is 38.0 Å². The van der Waals surface area contributed by atoms with E-state index in [0.29, 0.717) is 11.9 Å². The van der Waals surface area contributed by atoms with E-state index in [-0.39, 0.29) is 4.75 Å². The minimum Gasteiger partial charge on any atom is -0.380 e. The molecule has 0 unspecified atom stereocenters. The van der Waals surface area contributed by atoms with E-state index >= 15 is 0 Å². The van der Waals surface area contributed by atoms with E-state index in [4.69, 9.17) is 0 Å². The molecule has 1 saturated carbocycles. The van der Waals surface area contributed by atoms with E-state index in [1.807, 2.05) is 23.1 Å². The molecule has 1 saturated heterocycles. The van der Waals surface area contributed by atoms with E-state index in [1.54, 1.807) is 11.8 Å². The second kappa shape index (κ2) is 5.08. The standard InChI is InChI=1S/C15H20N2OS/c1-19-15(8-9-15)14(18)17-10-7-13(11-17)16-12-5-3-2-4-6-12/h2-6,13,16H,7-11H2,1H3/t13-/m0/s1. The number of carbonyl (C=O) groups excluding carboxylic acids is 1. The number of para-hydroxylation sites is 1. The van der Waals surface area contributed by atoms with Crippen LogP contribution in [0.15, 0.2) is 30.3 Å². The summed E-state index contributed by atoms with van der Waals surface area (Å²) in [6.07, 6.45) is 5.21. The highest BCUT2D eigenvalue weighted by molar-refractivity contribution is 8.01. The van der Waals surface area contributed by atoms with Crippen LogP contribution in [0.1, 0.15) is 19.3 Å². The van der Waals surface area contributed by atoms with Crippen molar-refractivity contribution in [2.45, 2.75) is 30.1 Å². The summed E-state index contributed by atoms with van der Waals surface area (Å²) >= 11 is 1.73. The van der Waals surface area contributed by atoms with Gasteiger partial charge in [0.15, 0.2) is 0 Å². The Morgan fingerprint density at radius 3 is 2.74 bits per heavy atom.